The van der Waals surface area contributed by atoms with Crippen LogP contribution in [0.15, 0.2) is 12.1 Å². The fourth-order valence-corrected chi connectivity index (χ4v) is 1.83. The van der Waals surface area contributed by atoms with Crippen molar-refractivity contribution in [2.24, 2.45) is 5.41 Å². The summed E-state index contributed by atoms with van der Waals surface area (Å²) in [6.07, 6.45) is 0.936. The Balaban J connectivity index is 2.35. The summed E-state index contributed by atoms with van der Waals surface area (Å²) in [6.45, 7) is 1.54. The minimum atomic E-state index is -0.965. The van der Waals surface area contributed by atoms with Crippen molar-refractivity contribution in [3.05, 3.63) is 34.9 Å². The number of benzene rings is 1. The van der Waals surface area contributed by atoms with Crippen molar-refractivity contribution in [3.8, 4) is 0 Å². The van der Waals surface area contributed by atoms with Crippen LogP contribution < -0.4 is 0 Å². The zero-order valence-corrected chi connectivity index (χ0v) is 8.89. The van der Waals surface area contributed by atoms with Crippen LogP contribution in [0.4, 0.5) is 8.78 Å². The van der Waals surface area contributed by atoms with Crippen LogP contribution in [0.3, 0.4) is 0 Å². The summed E-state index contributed by atoms with van der Waals surface area (Å²) in [4.78, 5) is 11.0. The van der Waals surface area contributed by atoms with E-state index in [4.69, 9.17) is 5.11 Å². The molecular weight excluding hydrogens is 214 g/mol. The minimum Gasteiger partial charge on any atom is -0.481 e. The quantitative estimate of drug-likeness (QED) is 0.860. The Morgan fingerprint density at radius 1 is 1.44 bits per heavy atom. The molecule has 1 N–H and O–H groups in total. The zero-order chi connectivity index (χ0) is 11.9. The molecule has 1 saturated carbocycles. The average Bonchev–Trinajstić information content (AvgIpc) is 3.00. The van der Waals surface area contributed by atoms with Gasteiger partial charge in [0, 0.05) is 5.56 Å². The molecular formula is C12H12F2O2. The zero-order valence-electron chi connectivity index (χ0n) is 8.89. The summed E-state index contributed by atoms with van der Waals surface area (Å²) in [6, 6.07) is 2.54. The van der Waals surface area contributed by atoms with Crippen LogP contribution in [-0.4, -0.2) is 11.1 Å². The standard InChI is InChI=1S/C12H12F2O2/c1-7-2-3-9(13)8(10(7)14)6-12(4-5-12)11(15)16/h2-3H,4-6H2,1H3,(H,15,16). The van der Waals surface area contributed by atoms with E-state index in [0.717, 1.165) is 0 Å². The second-order valence-electron chi connectivity index (χ2n) is 4.42. The van der Waals surface area contributed by atoms with E-state index in [1.54, 1.807) is 6.92 Å². The smallest absolute Gasteiger partial charge is 0.309 e. The molecule has 0 unspecified atom stereocenters. The third-order valence-electron chi connectivity index (χ3n) is 3.20. The van der Waals surface area contributed by atoms with Crippen LogP contribution in [0.2, 0.25) is 0 Å². The molecule has 1 fully saturated rings. The molecule has 1 aromatic carbocycles. The van der Waals surface area contributed by atoms with Gasteiger partial charge in [-0.25, -0.2) is 8.78 Å². The summed E-state index contributed by atoms with van der Waals surface area (Å²) >= 11 is 0. The molecule has 0 radical (unpaired) electrons. The van der Waals surface area contributed by atoms with Gasteiger partial charge < -0.3 is 5.11 Å². The first-order valence-corrected chi connectivity index (χ1v) is 5.13. The first-order chi connectivity index (χ1) is 7.46. The maximum atomic E-state index is 13.7. The Morgan fingerprint density at radius 3 is 2.56 bits per heavy atom. The monoisotopic (exact) mass is 226 g/mol. The number of carboxylic acid groups (broad SMARTS) is 1. The maximum Gasteiger partial charge on any atom is 0.309 e. The van der Waals surface area contributed by atoms with E-state index >= 15 is 0 Å². The summed E-state index contributed by atoms with van der Waals surface area (Å²) in [5.74, 6) is -2.24. The van der Waals surface area contributed by atoms with Gasteiger partial charge >= 0.3 is 5.97 Å². The van der Waals surface area contributed by atoms with Gasteiger partial charge in [-0.1, -0.05) is 6.07 Å². The number of hydrogen-bond acceptors (Lipinski definition) is 1. The third-order valence-corrected chi connectivity index (χ3v) is 3.20. The van der Waals surface area contributed by atoms with Crippen molar-refractivity contribution in [1.82, 2.24) is 0 Å². The van der Waals surface area contributed by atoms with E-state index in [-0.39, 0.29) is 12.0 Å². The van der Waals surface area contributed by atoms with Crippen LogP contribution in [0.1, 0.15) is 24.0 Å². The molecule has 4 heteroatoms. The molecule has 0 spiro atoms. The van der Waals surface area contributed by atoms with Gasteiger partial charge in [0.15, 0.2) is 0 Å². The lowest BCUT2D eigenvalue weighted by molar-refractivity contribution is -0.143. The molecule has 0 aromatic heterocycles. The fraction of sp³-hybridized carbons (Fsp3) is 0.417. The van der Waals surface area contributed by atoms with E-state index in [0.29, 0.717) is 18.4 Å². The molecule has 16 heavy (non-hydrogen) atoms. The Hall–Kier alpha value is -1.45. The SMILES string of the molecule is Cc1ccc(F)c(CC2(C(=O)O)CC2)c1F. The molecule has 2 rings (SSSR count). The van der Waals surface area contributed by atoms with Crippen LogP contribution >= 0.6 is 0 Å². The highest BCUT2D eigenvalue weighted by atomic mass is 19.1. The van der Waals surface area contributed by atoms with Crippen molar-refractivity contribution in [3.63, 3.8) is 0 Å². The second-order valence-corrected chi connectivity index (χ2v) is 4.42. The number of carboxylic acids is 1. The van der Waals surface area contributed by atoms with Gasteiger partial charge in [-0.05, 0) is 37.8 Å². The Kier molecular flexibility index (Phi) is 2.45. The van der Waals surface area contributed by atoms with Crippen molar-refractivity contribution >= 4 is 5.97 Å². The number of halogens is 2. The highest BCUT2D eigenvalue weighted by Crippen LogP contribution is 2.49. The van der Waals surface area contributed by atoms with Crippen LogP contribution in [-0.2, 0) is 11.2 Å². The first-order valence-electron chi connectivity index (χ1n) is 5.13. The maximum absolute atomic E-state index is 13.7. The van der Waals surface area contributed by atoms with E-state index in [9.17, 15) is 13.6 Å². The number of aryl methyl sites for hydroxylation is 1. The molecule has 1 aliphatic rings. The number of aliphatic carboxylic acids is 1. The van der Waals surface area contributed by atoms with Crippen molar-refractivity contribution in [1.29, 1.82) is 0 Å². The molecule has 0 atom stereocenters. The molecule has 1 aromatic rings. The Morgan fingerprint density at radius 2 is 2.06 bits per heavy atom. The van der Waals surface area contributed by atoms with Crippen molar-refractivity contribution < 1.29 is 18.7 Å². The third kappa shape index (κ3) is 1.68. The second kappa shape index (κ2) is 3.54. The molecule has 0 heterocycles. The van der Waals surface area contributed by atoms with E-state index in [1.165, 1.54) is 12.1 Å². The van der Waals surface area contributed by atoms with Gasteiger partial charge in [-0.2, -0.15) is 0 Å². The normalized spacial score (nSPS) is 17.2. The predicted molar refractivity (Wildman–Crippen MR) is 54.1 cm³/mol. The van der Waals surface area contributed by atoms with E-state index in [1.807, 2.05) is 0 Å². The first kappa shape index (κ1) is 11.0. The lowest BCUT2D eigenvalue weighted by Gasteiger charge is -2.12. The predicted octanol–water partition coefficient (Wildman–Crippen LogP) is 2.68. The van der Waals surface area contributed by atoms with Gasteiger partial charge in [0.2, 0.25) is 0 Å². The molecule has 2 nitrogen and oxygen atoms in total. The molecule has 0 amide bonds. The van der Waals surface area contributed by atoms with E-state index in [2.05, 4.69) is 0 Å². The van der Waals surface area contributed by atoms with Gasteiger partial charge in [-0.15, -0.1) is 0 Å². The lowest BCUT2D eigenvalue weighted by Crippen LogP contribution is -2.19. The molecule has 0 aliphatic heterocycles. The summed E-state index contributed by atoms with van der Waals surface area (Å²) < 4.78 is 27.1. The highest BCUT2D eigenvalue weighted by molar-refractivity contribution is 5.78. The topological polar surface area (TPSA) is 37.3 Å². The minimum absolute atomic E-state index is 0.0539. The van der Waals surface area contributed by atoms with Crippen molar-refractivity contribution in [2.45, 2.75) is 26.2 Å². The number of carbonyl (C=O) groups is 1. The van der Waals surface area contributed by atoms with Gasteiger partial charge in [0.25, 0.3) is 0 Å². The van der Waals surface area contributed by atoms with Gasteiger partial charge in [0.1, 0.15) is 11.6 Å². The molecule has 86 valence electrons. The number of hydrogen-bond donors (Lipinski definition) is 1. The molecule has 1 aliphatic carbocycles. The summed E-state index contributed by atoms with van der Waals surface area (Å²) in [5.41, 5.74) is -0.687. The summed E-state index contributed by atoms with van der Waals surface area (Å²) in [5, 5.41) is 8.97. The Labute approximate surface area is 91.9 Å². The van der Waals surface area contributed by atoms with E-state index < -0.39 is 23.0 Å². The average molecular weight is 226 g/mol. The molecule has 0 saturated heterocycles. The Bertz CT molecular complexity index is 451. The van der Waals surface area contributed by atoms with Crippen LogP contribution in [0, 0.1) is 24.0 Å². The summed E-state index contributed by atoms with van der Waals surface area (Å²) in [7, 11) is 0. The van der Waals surface area contributed by atoms with Crippen LogP contribution in [0.5, 0.6) is 0 Å². The van der Waals surface area contributed by atoms with Gasteiger partial charge in [-0.3, -0.25) is 4.79 Å². The highest BCUT2D eigenvalue weighted by Gasteiger charge is 2.50. The lowest BCUT2D eigenvalue weighted by atomic mass is 9.95. The van der Waals surface area contributed by atoms with Gasteiger partial charge in [0.05, 0.1) is 5.41 Å². The largest absolute Gasteiger partial charge is 0.481 e. The number of rotatable bonds is 3. The fourth-order valence-electron chi connectivity index (χ4n) is 1.83. The van der Waals surface area contributed by atoms with Crippen LogP contribution in [0.25, 0.3) is 0 Å². The van der Waals surface area contributed by atoms with Crippen molar-refractivity contribution in [2.75, 3.05) is 0 Å². The molecule has 0 bridgehead atoms.